The Hall–Kier alpha value is -1.56. The summed E-state index contributed by atoms with van der Waals surface area (Å²) in [5.74, 6) is 0.786. The highest BCUT2D eigenvalue weighted by Crippen LogP contribution is 2.30. The molecule has 21 heavy (non-hydrogen) atoms. The predicted molar refractivity (Wildman–Crippen MR) is 83.1 cm³/mol. The average Bonchev–Trinajstić information content (AvgIpc) is 3.24. The maximum atomic E-state index is 11.7. The molecule has 1 aliphatic carbocycles. The van der Waals surface area contributed by atoms with Crippen molar-refractivity contribution in [3.63, 3.8) is 0 Å². The third kappa shape index (κ3) is 3.97. The van der Waals surface area contributed by atoms with Crippen LogP contribution in [0, 0.1) is 5.92 Å². The molecule has 1 aromatic carbocycles. The Morgan fingerprint density at radius 3 is 2.33 bits per heavy atom. The molecule has 0 bridgehead atoms. The van der Waals surface area contributed by atoms with Crippen molar-refractivity contribution in [2.75, 3.05) is 22.1 Å². The van der Waals surface area contributed by atoms with Gasteiger partial charge in [0.2, 0.25) is 5.91 Å². The Balaban J connectivity index is 1.57. The van der Waals surface area contributed by atoms with Crippen LogP contribution in [0.3, 0.4) is 0 Å². The smallest absolute Gasteiger partial charge is 0.227 e. The molecule has 1 atom stereocenters. The van der Waals surface area contributed by atoms with Crippen LogP contribution in [0.4, 0.5) is 11.4 Å². The van der Waals surface area contributed by atoms with Gasteiger partial charge in [0.1, 0.15) is 0 Å². The van der Waals surface area contributed by atoms with Gasteiger partial charge in [0.15, 0.2) is 9.84 Å². The second kappa shape index (κ2) is 5.67. The Bertz CT molecular complexity index is 621. The molecular formula is C15H20N2O3S. The number of benzene rings is 1. The van der Waals surface area contributed by atoms with E-state index in [4.69, 9.17) is 0 Å². The van der Waals surface area contributed by atoms with E-state index >= 15 is 0 Å². The fraction of sp³-hybridized carbons (Fsp3) is 0.533. The van der Waals surface area contributed by atoms with Crippen LogP contribution in [0.5, 0.6) is 0 Å². The van der Waals surface area contributed by atoms with Crippen molar-refractivity contribution in [3.05, 3.63) is 24.3 Å². The molecule has 1 amide bonds. The summed E-state index contributed by atoms with van der Waals surface area (Å²) in [6.07, 6.45) is 3.57. The summed E-state index contributed by atoms with van der Waals surface area (Å²) >= 11 is 0. The number of hydrogen-bond donors (Lipinski definition) is 2. The molecule has 0 aromatic heterocycles. The second-order valence-corrected chi connectivity index (χ2v) is 8.17. The zero-order valence-electron chi connectivity index (χ0n) is 11.8. The first-order chi connectivity index (χ1) is 10.0. The predicted octanol–water partition coefficient (Wildman–Crippen LogP) is 2.02. The SMILES string of the molecule is O=C(Nc1ccc(NC2CCCS(=O)(=O)C2)cc1)C1CC1. The molecule has 6 heteroatoms. The van der Waals surface area contributed by atoms with Gasteiger partial charge in [-0.1, -0.05) is 0 Å². The van der Waals surface area contributed by atoms with Crippen molar-refractivity contribution < 1.29 is 13.2 Å². The molecule has 1 unspecified atom stereocenters. The fourth-order valence-electron chi connectivity index (χ4n) is 2.61. The normalized spacial score (nSPS) is 24.3. The number of carbonyl (C=O) groups is 1. The zero-order chi connectivity index (χ0) is 14.9. The Kier molecular flexibility index (Phi) is 3.89. The van der Waals surface area contributed by atoms with E-state index in [2.05, 4.69) is 10.6 Å². The van der Waals surface area contributed by atoms with Crippen LogP contribution in [0.1, 0.15) is 25.7 Å². The van der Waals surface area contributed by atoms with Crippen LogP contribution in [0.15, 0.2) is 24.3 Å². The topological polar surface area (TPSA) is 75.3 Å². The van der Waals surface area contributed by atoms with Gasteiger partial charge in [0.05, 0.1) is 11.5 Å². The number of carbonyl (C=O) groups excluding carboxylic acids is 1. The Morgan fingerprint density at radius 2 is 1.71 bits per heavy atom. The molecule has 5 nitrogen and oxygen atoms in total. The molecule has 1 heterocycles. The van der Waals surface area contributed by atoms with Crippen molar-refractivity contribution in [2.24, 2.45) is 5.92 Å². The van der Waals surface area contributed by atoms with Gasteiger partial charge >= 0.3 is 0 Å². The largest absolute Gasteiger partial charge is 0.381 e. The van der Waals surface area contributed by atoms with E-state index in [1.54, 1.807) is 0 Å². The minimum Gasteiger partial charge on any atom is -0.381 e. The standard InChI is InChI=1S/C15H20N2O3S/c18-15(11-3-4-11)17-13-7-5-12(6-8-13)16-14-2-1-9-21(19,20)10-14/h5-8,11,14,16H,1-4,9-10H2,(H,17,18). The molecule has 1 aromatic rings. The van der Waals surface area contributed by atoms with Crippen LogP contribution in [-0.2, 0) is 14.6 Å². The highest BCUT2D eigenvalue weighted by molar-refractivity contribution is 7.91. The third-order valence-corrected chi connectivity index (χ3v) is 5.76. The molecular weight excluding hydrogens is 288 g/mol. The number of amides is 1. The summed E-state index contributed by atoms with van der Waals surface area (Å²) in [5.41, 5.74) is 1.68. The van der Waals surface area contributed by atoms with Gasteiger partial charge in [-0.3, -0.25) is 4.79 Å². The lowest BCUT2D eigenvalue weighted by molar-refractivity contribution is -0.117. The summed E-state index contributed by atoms with van der Waals surface area (Å²) < 4.78 is 23.2. The van der Waals surface area contributed by atoms with E-state index in [1.165, 1.54) is 0 Å². The molecule has 0 radical (unpaired) electrons. The van der Waals surface area contributed by atoms with Crippen LogP contribution in [-0.4, -0.2) is 31.9 Å². The molecule has 1 saturated heterocycles. The van der Waals surface area contributed by atoms with Gasteiger partial charge in [0.25, 0.3) is 0 Å². The van der Waals surface area contributed by atoms with Crippen molar-refractivity contribution in [3.8, 4) is 0 Å². The lowest BCUT2D eigenvalue weighted by Crippen LogP contribution is -2.34. The molecule has 0 spiro atoms. The van der Waals surface area contributed by atoms with Gasteiger partial charge in [-0.2, -0.15) is 0 Å². The molecule has 3 rings (SSSR count). The molecule has 114 valence electrons. The molecule has 1 aliphatic heterocycles. The van der Waals surface area contributed by atoms with Gasteiger partial charge < -0.3 is 10.6 Å². The second-order valence-electron chi connectivity index (χ2n) is 5.94. The van der Waals surface area contributed by atoms with Gasteiger partial charge in [-0.15, -0.1) is 0 Å². The maximum Gasteiger partial charge on any atom is 0.227 e. The zero-order valence-corrected chi connectivity index (χ0v) is 12.7. The minimum absolute atomic E-state index is 0.0179. The first kappa shape index (κ1) is 14.4. The quantitative estimate of drug-likeness (QED) is 0.892. The third-order valence-electron chi connectivity index (χ3n) is 3.93. The first-order valence-electron chi connectivity index (χ1n) is 7.40. The van der Waals surface area contributed by atoms with Gasteiger partial charge in [-0.25, -0.2) is 8.42 Å². The Labute approximate surface area is 125 Å². The van der Waals surface area contributed by atoms with Crippen molar-refractivity contribution in [1.29, 1.82) is 0 Å². The highest BCUT2D eigenvalue weighted by Gasteiger charge is 2.29. The monoisotopic (exact) mass is 308 g/mol. The molecule has 1 saturated carbocycles. The lowest BCUT2D eigenvalue weighted by Gasteiger charge is -2.24. The Morgan fingerprint density at radius 1 is 1.05 bits per heavy atom. The summed E-state index contributed by atoms with van der Waals surface area (Å²) in [7, 11) is -2.90. The average molecular weight is 308 g/mol. The highest BCUT2D eigenvalue weighted by atomic mass is 32.2. The van der Waals surface area contributed by atoms with Crippen LogP contribution < -0.4 is 10.6 Å². The van der Waals surface area contributed by atoms with Crippen molar-refractivity contribution in [2.45, 2.75) is 31.7 Å². The number of hydrogen-bond acceptors (Lipinski definition) is 4. The lowest BCUT2D eigenvalue weighted by atomic mass is 10.1. The van der Waals surface area contributed by atoms with Gasteiger partial charge in [-0.05, 0) is 49.9 Å². The minimum atomic E-state index is -2.90. The number of rotatable bonds is 4. The summed E-state index contributed by atoms with van der Waals surface area (Å²) in [4.78, 5) is 11.7. The fourth-order valence-corrected chi connectivity index (χ4v) is 4.25. The van der Waals surface area contributed by atoms with E-state index in [0.717, 1.165) is 37.1 Å². The number of sulfone groups is 1. The summed E-state index contributed by atoms with van der Waals surface area (Å²) in [5, 5.41) is 6.15. The molecule has 2 aliphatic rings. The van der Waals surface area contributed by atoms with E-state index in [-0.39, 0.29) is 23.6 Å². The van der Waals surface area contributed by atoms with E-state index in [0.29, 0.717) is 5.75 Å². The molecule has 2 N–H and O–H groups in total. The van der Waals surface area contributed by atoms with E-state index in [9.17, 15) is 13.2 Å². The first-order valence-corrected chi connectivity index (χ1v) is 9.22. The van der Waals surface area contributed by atoms with Crippen molar-refractivity contribution in [1.82, 2.24) is 0 Å². The van der Waals surface area contributed by atoms with E-state index < -0.39 is 9.84 Å². The van der Waals surface area contributed by atoms with Crippen LogP contribution >= 0.6 is 0 Å². The summed E-state index contributed by atoms with van der Waals surface area (Å²) in [6.45, 7) is 0. The van der Waals surface area contributed by atoms with Crippen LogP contribution in [0.25, 0.3) is 0 Å². The number of anilines is 2. The van der Waals surface area contributed by atoms with Gasteiger partial charge in [0, 0.05) is 23.3 Å². The number of nitrogens with one attached hydrogen (secondary N) is 2. The maximum absolute atomic E-state index is 11.7. The summed E-state index contributed by atoms with van der Waals surface area (Å²) in [6, 6.07) is 7.43. The molecule has 2 fully saturated rings. The van der Waals surface area contributed by atoms with Crippen molar-refractivity contribution >= 4 is 27.1 Å². The van der Waals surface area contributed by atoms with Crippen LogP contribution in [0.2, 0.25) is 0 Å². The van der Waals surface area contributed by atoms with E-state index in [1.807, 2.05) is 24.3 Å².